The maximum atomic E-state index is 13.0. The van der Waals surface area contributed by atoms with Gasteiger partial charge in [0.1, 0.15) is 24.7 Å². The van der Waals surface area contributed by atoms with E-state index < -0.39 is 0 Å². The number of rotatable bonds is 10. The Balaban J connectivity index is 1.37. The SMILES string of the molecule is Nc1cc(OCCO)c(C(=O)NC2CCN(Cc3cc(Cl)cc(Cl)c3OCc3ccccc3)CC2)cc1Cl. The highest BCUT2D eigenvalue weighted by Gasteiger charge is 2.24. The van der Waals surface area contributed by atoms with Crippen LogP contribution >= 0.6 is 34.8 Å². The van der Waals surface area contributed by atoms with Gasteiger partial charge in [-0.15, -0.1) is 0 Å². The van der Waals surface area contributed by atoms with Gasteiger partial charge in [0.15, 0.2) is 0 Å². The second-order valence-corrected chi connectivity index (χ2v) is 10.4. The van der Waals surface area contributed by atoms with Gasteiger partial charge in [0.25, 0.3) is 5.91 Å². The van der Waals surface area contributed by atoms with E-state index in [4.69, 9.17) is 55.1 Å². The highest BCUT2D eigenvalue weighted by Crippen LogP contribution is 2.35. The summed E-state index contributed by atoms with van der Waals surface area (Å²) in [5, 5.41) is 13.5. The number of aliphatic hydroxyl groups is 1. The molecule has 0 radical (unpaired) electrons. The van der Waals surface area contributed by atoms with Gasteiger partial charge in [-0.1, -0.05) is 65.1 Å². The number of nitrogens with two attached hydrogens (primary N) is 1. The molecule has 4 N–H and O–H groups in total. The Bertz CT molecular complexity index is 1250. The molecule has 38 heavy (non-hydrogen) atoms. The Morgan fingerprint density at radius 1 is 1.03 bits per heavy atom. The fraction of sp³-hybridized carbons (Fsp3) is 0.321. The number of aliphatic hydroxyl groups excluding tert-OH is 1. The summed E-state index contributed by atoms with van der Waals surface area (Å²) < 4.78 is 11.6. The number of piperidine rings is 1. The molecule has 1 aliphatic rings. The van der Waals surface area contributed by atoms with Crippen LogP contribution in [-0.2, 0) is 13.2 Å². The van der Waals surface area contributed by atoms with Crippen LogP contribution in [0.5, 0.6) is 11.5 Å². The molecule has 0 unspecified atom stereocenters. The summed E-state index contributed by atoms with van der Waals surface area (Å²) in [6.07, 6.45) is 1.52. The molecule has 0 atom stereocenters. The zero-order valence-corrected chi connectivity index (χ0v) is 23.0. The Morgan fingerprint density at radius 2 is 1.76 bits per heavy atom. The molecule has 3 aromatic carbocycles. The second-order valence-electron chi connectivity index (χ2n) is 9.12. The lowest BCUT2D eigenvalue weighted by Gasteiger charge is -2.33. The standard InChI is InChI=1S/C28H30Cl3N3O4/c29-20-12-19(27(24(31)13-20)38-17-18-4-2-1-3-5-18)16-34-8-6-21(7-9-34)33-28(36)22-14-23(30)25(32)15-26(22)37-11-10-35/h1-5,12-15,21,35H,6-11,16-17,32H2,(H,33,36). The van der Waals surface area contributed by atoms with Crippen molar-refractivity contribution in [3.05, 3.63) is 86.4 Å². The lowest BCUT2D eigenvalue weighted by atomic mass is 10.0. The summed E-state index contributed by atoms with van der Waals surface area (Å²) in [6.45, 7) is 2.43. The fourth-order valence-electron chi connectivity index (χ4n) is 4.38. The van der Waals surface area contributed by atoms with Crippen LogP contribution in [0, 0.1) is 0 Å². The second kappa shape index (κ2) is 13.4. The van der Waals surface area contributed by atoms with Crippen LogP contribution in [-0.4, -0.2) is 48.3 Å². The van der Waals surface area contributed by atoms with Crippen molar-refractivity contribution in [2.24, 2.45) is 0 Å². The molecule has 0 spiro atoms. The summed E-state index contributed by atoms with van der Waals surface area (Å²) in [5.74, 6) is 0.624. The number of halogens is 3. The van der Waals surface area contributed by atoms with Gasteiger partial charge in [0, 0.05) is 42.3 Å². The molecule has 1 heterocycles. The van der Waals surface area contributed by atoms with Crippen LogP contribution in [0.3, 0.4) is 0 Å². The molecule has 1 saturated heterocycles. The lowest BCUT2D eigenvalue weighted by Crippen LogP contribution is -2.44. The highest BCUT2D eigenvalue weighted by molar-refractivity contribution is 6.35. The molecule has 0 saturated carbocycles. The van der Waals surface area contributed by atoms with Gasteiger partial charge in [0.05, 0.1) is 27.9 Å². The average Bonchev–Trinajstić information content (AvgIpc) is 2.90. The lowest BCUT2D eigenvalue weighted by molar-refractivity contribution is 0.0903. The van der Waals surface area contributed by atoms with Crippen molar-refractivity contribution in [2.75, 3.05) is 32.0 Å². The number of hydrogen-bond acceptors (Lipinski definition) is 6. The summed E-state index contributed by atoms with van der Waals surface area (Å²) in [5.41, 5.74) is 8.42. The number of nitrogens with one attached hydrogen (secondary N) is 1. The molecular weight excluding hydrogens is 549 g/mol. The van der Waals surface area contributed by atoms with Gasteiger partial charge in [-0.05, 0) is 36.6 Å². The summed E-state index contributed by atoms with van der Waals surface area (Å²) in [6, 6.07) is 16.5. The largest absolute Gasteiger partial charge is 0.490 e. The number of ether oxygens (including phenoxy) is 2. The van der Waals surface area contributed by atoms with Crippen molar-refractivity contribution in [2.45, 2.75) is 32.0 Å². The molecule has 4 rings (SSSR count). The first-order chi connectivity index (χ1) is 18.3. The first-order valence-electron chi connectivity index (χ1n) is 12.3. The number of carbonyl (C=O) groups is 1. The zero-order valence-electron chi connectivity index (χ0n) is 20.8. The molecule has 10 heteroatoms. The molecule has 202 valence electrons. The Hall–Kier alpha value is -2.68. The zero-order chi connectivity index (χ0) is 27.1. The van der Waals surface area contributed by atoms with E-state index in [0.717, 1.165) is 37.1 Å². The topological polar surface area (TPSA) is 97.1 Å². The molecule has 1 amide bonds. The van der Waals surface area contributed by atoms with Gasteiger partial charge < -0.3 is 25.6 Å². The van der Waals surface area contributed by atoms with Gasteiger partial charge in [-0.25, -0.2) is 0 Å². The number of benzene rings is 3. The summed E-state index contributed by atoms with van der Waals surface area (Å²) >= 11 is 19.0. The van der Waals surface area contributed by atoms with Crippen LogP contribution < -0.4 is 20.5 Å². The van der Waals surface area contributed by atoms with Gasteiger partial charge in [0.2, 0.25) is 0 Å². The number of nitrogens with zero attached hydrogens (tertiary/aromatic N) is 1. The van der Waals surface area contributed by atoms with Crippen molar-refractivity contribution in [3.63, 3.8) is 0 Å². The smallest absolute Gasteiger partial charge is 0.255 e. The number of anilines is 1. The number of likely N-dealkylation sites (tertiary alicyclic amines) is 1. The van der Waals surface area contributed by atoms with E-state index in [9.17, 15) is 4.79 Å². The molecule has 0 aromatic heterocycles. The van der Waals surface area contributed by atoms with Crippen molar-refractivity contribution < 1.29 is 19.4 Å². The Morgan fingerprint density at radius 3 is 2.47 bits per heavy atom. The van der Waals surface area contributed by atoms with E-state index in [1.807, 2.05) is 36.4 Å². The van der Waals surface area contributed by atoms with E-state index in [1.165, 1.54) is 12.1 Å². The van der Waals surface area contributed by atoms with Crippen LogP contribution in [0.2, 0.25) is 15.1 Å². The quantitative estimate of drug-likeness (QED) is 0.272. The normalized spacial score (nSPS) is 14.3. The van der Waals surface area contributed by atoms with Gasteiger partial charge in [-0.2, -0.15) is 0 Å². The van der Waals surface area contributed by atoms with Crippen LogP contribution in [0.25, 0.3) is 0 Å². The van der Waals surface area contributed by atoms with E-state index in [1.54, 1.807) is 6.07 Å². The minimum absolute atomic E-state index is 0.0162. The van der Waals surface area contributed by atoms with E-state index in [2.05, 4.69) is 10.2 Å². The molecule has 1 fully saturated rings. The first kappa shape index (κ1) is 28.3. The van der Waals surface area contributed by atoms with Crippen LogP contribution in [0.4, 0.5) is 5.69 Å². The number of amides is 1. The van der Waals surface area contributed by atoms with Crippen LogP contribution in [0.15, 0.2) is 54.6 Å². The monoisotopic (exact) mass is 577 g/mol. The maximum Gasteiger partial charge on any atom is 0.255 e. The molecule has 0 aliphatic carbocycles. The van der Waals surface area contributed by atoms with Crippen molar-refractivity contribution in [1.82, 2.24) is 10.2 Å². The molecule has 3 aromatic rings. The van der Waals surface area contributed by atoms with E-state index >= 15 is 0 Å². The Kier molecular flexibility index (Phi) is 9.99. The highest BCUT2D eigenvalue weighted by atomic mass is 35.5. The van der Waals surface area contributed by atoms with E-state index in [0.29, 0.717) is 34.6 Å². The number of nitrogen functional groups attached to an aromatic ring is 1. The minimum Gasteiger partial charge on any atom is -0.490 e. The number of carbonyl (C=O) groups excluding carboxylic acids is 1. The van der Waals surface area contributed by atoms with E-state index in [-0.39, 0.29) is 41.5 Å². The minimum atomic E-state index is -0.295. The molecule has 1 aliphatic heterocycles. The predicted molar refractivity (Wildman–Crippen MR) is 151 cm³/mol. The fourth-order valence-corrected chi connectivity index (χ4v) is 5.14. The van der Waals surface area contributed by atoms with Gasteiger partial charge >= 0.3 is 0 Å². The van der Waals surface area contributed by atoms with Crippen molar-refractivity contribution >= 4 is 46.4 Å². The molecule has 7 nitrogen and oxygen atoms in total. The maximum absolute atomic E-state index is 13.0. The third kappa shape index (κ3) is 7.46. The molecule has 0 bridgehead atoms. The van der Waals surface area contributed by atoms with Crippen molar-refractivity contribution in [3.8, 4) is 11.5 Å². The third-order valence-corrected chi connectivity index (χ3v) is 7.15. The summed E-state index contributed by atoms with van der Waals surface area (Å²) in [4.78, 5) is 15.3. The third-order valence-electron chi connectivity index (χ3n) is 6.32. The predicted octanol–water partition coefficient (Wildman–Crippen LogP) is 5.57. The van der Waals surface area contributed by atoms with Crippen LogP contribution in [0.1, 0.15) is 34.3 Å². The van der Waals surface area contributed by atoms with Gasteiger partial charge in [-0.3, -0.25) is 9.69 Å². The molecular formula is C28H30Cl3N3O4. The van der Waals surface area contributed by atoms with Crippen molar-refractivity contribution in [1.29, 1.82) is 0 Å². The summed E-state index contributed by atoms with van der Waals surface area (Å²) in [7, 11) is 0. The number of hydrogen-bond donors (Lipinski definition) is 3. The first-order valence-corrected chi connectivity index (χ1v) is 13.5. The average molecular weight is 579 g/mol. The Labute approximate surface area is 237 Å².